The Labute approximate surface area is 137 Å². The van der Waals surface area contributed by atoms with Crippen molar-refractivity contribution in [1.82, 2.24) is 20.0 Å². The maximum Gasteiger partial charge on any atom is 0.303 e. The highest BCUT2D eigenvalue weighted by Gasteiger charge is 2.13. The molecular formula is C16H13ClN4O2. The molecular weight excluding hydrogens is 316 g/mol. The molecule has 0 spiro atoms. The number of hydrogen-bond donors (Lipinski definition) is 1. The zero-order valence-corrected chi connectivity index (χ0v) is 12.8. The van der Waals surface area contributed by atoms with E-state index in [9.17, 15) is 4.79 Å². The van der Waals surface area contributed by atoms with Crippen LogP contribution in [-0.2, 0) is 11.2 Å². The molecule has 3 aromatic rings. The van der Waals surface area contributed by atoms with E-state index in [2.05, 4.69) is 15.3 Å². The molecule has 0 bridgehead atoms. The Balaban J connectivity index is 2.05. The van der Waals surface area contributed by atoms with Gasteiger partial charge in [0.1, 0.15) is 0 Å². The molecule has 0 aliphatic rings. The molecule has 0 fully saturated rings. The molecule has 3 rings (SSSR count). The van der Waals surface area contributed by atoms with Crippen LogP contribution in [0.2, 0.25) is 5.15 Å². The first-order valence-corrected chi connectivity index (χ1v) is 7.37. The van der Waals surface area contributed by atoms with Crippen LogP contribution < -0.4 is 0 Å². The molecule has 0 aliphatic carbocycles. The van der Waals surface area contributed by atoms with E-state index in [0.717, 1.165) is 11.3 Å². The number of carbonyl (C=O) groups is 1. The van der Waals surface area contributed by atoms with E-state index < -0.39 is 5.97 Å². The van der Waals surface area contributed by atoms with Gasteiger partial charge < -0.3 is 5.11 Å². The third-order valence-electron chi connectivity index (χ3n) is 3.26. The highest BCUT2D eigenvalue weighted by atomic mass is 35.5. The molecule has 1 N–H and O–H groups in total. The number of hydrogen-bond acceptors (Lipinski definition) is 4. The van der Waals surface area contributed by atoms with Crippen molar-refractivity contribution in [2.24, 2.45) is 0 Å². The molecule has 0 saturated carbocycles. The highest BCUT2D eigenvalue weighted by molar-refractivity contribution is 6.29. The fourth-order valence-electron chi connectivity index (χ4n) is 2.20. The lowest BCUT2D eigenvalue weighted by Gasteiger charge is -2.05. The Kier molecular flexibility index (Phi) is 4.34. The maximum absolute atomic E-state index is 10.8. The monoisotopic (exact) mass is 328 g/mol. The summed E-state index contributed by atoms with van der Waals surface area (Å²) in [5, 5.41) is 21.5. The van der Waals surface area contributed by atoms with E-state index in [1.807, 2.05) is 36.4 Å². The van der Waals surface area contributed by atoms with Gasteiger partial charge in [-0.1, -0.05) is 41.9 Å². The van der Waals surface area contributed by atoms with Crippen molar-refractivity contribution in [1.29, 1.82) is 0 Å². The van der Waals surface area contributed by atoms with Gasteiger partial charge in [-0.25, -0.2) is 4.68 Å². The summed E-state index contributed by atoms with van der Waals surface area (Å²) in [6, 6.07) is 14.9. The lowest BCUT2D eigenvalue weighted by Crippen LogP contribution is -2.04. The van der Waals surface area contributed by atoms with Gasteiger partial charge in [0, 0.05) is 12.0 Å². The van der Waals surface area contributed by atoms with Gasteiger partial charge in [-0.15, -0.1) is 10.2 Å². The Morgan fingerprint density at radius 1 is 1.13 bits per heavy atom. The molecule has 0 saturated heterocycles. The molecule has 7 heteroatoms. The van der Waals surface area contributed by atoms with Gasteiger partial charge in [-0.2, -0.15) is 5.10 Å². The molecule has 0 amide bonds. The van der Waals surface area contributed by atoms with Gasteiger partial charge in [-0.05, 0) is 18.2 Å². The number of aryl methyl sites for hydroxylation is 1. The topological polar surface area (TPSA) is 80.9 Å². The third-order valence-corrected chi connectivity index (χ3v) is 3.46. The predicted octanol–water partition coefficient (Wildman–Crippen LogP) is 3.00. The van der Waals surface area contributed by atoms with Crippen molar-refractivity contribution in [3.8, 4) is 17.1 Å². The standard InChI is InChI=1S/C16H13ClN4O2/c17-14-7-8-15(19-18-14)21-13(11-4-2-1-3-5-11)10-12(20-21)6-9-16(22)23/h1-5,7-8,10H,6,9H2,(H,22,23). The lowest BCUT2D eigenvalue weighted by atomic mass is 10.1. The molecule has 2 aromatic heterocycles. The first-order chi connectivity index (χ1) is 11.1. The van der Waals surface area contributed by atoms with Crippen LogP contribution >= 0.6 is 11.6 Å². The molecule has 1 aromatic carbocycles. The number of aromatic nitrogens is 4. The zero-order chi connectivity index (χ0) is 16.2. The second-order valence-corrected chi connectivity index (χ2v) is 5.29. The third kappa shape index (κ3) is 3.54. The van der Waals surface area contributed by atoms with E-state index in [-0.39, 0.29) is 6.42 Å². The normalized spacial score (nSPS) is 10.7. The number of halogens is 1. The smallest absolute Gasteiger partial charge is 0.303 e. The Morgan fingerprint density at radius 2 is 1.91 bits per heavy atom. The summed E-state index contributed by atoms with van der Waals surface area (Å²) in [4.78, 5) is 10.8. The Bertz CT molecular complexity index is 816. The fourth-order valence-corrected chi connectivity index (χ4v) is 2.30. The van der Waals surface area contributed by atoms with Crippen molar-refractivity contribution in [2.45, 2.75) is 12.8 Å². The first-order valence-electron chi connectivity index (χ1n) is 6.99. The quantitative estimate of drug-likeness (QED) is 0.778. The van der Waals surface area contributed by atoms with E-state index in [4.69, 9.17) is 16.7 Å². The van der Waals surface area contributed by atoms with Crippen LogP contribution in [0.3, 0.4) is 0 Å². The van der Waals surface area contributed by atoms with Crippen LogP contribution in [0.25, 0.3) is 17.1 Å². The fraction of sp³-hybridized carbons (Fsp3) is 0.125. The predicted molar refractivity (Wildman–Crippen MR) is 85.6 cm³/mol. The molecule has 0 aliphatic heterocycles. The number of benzene rings is 1. The number of rotatable bonds is 5. The van der Waals surface area contributed by atoms with Crippen LogP contribution in [0, 0.1) is 0 Å². The second-order valence-electron chi connectivity index (χ2n) is 4.91. The maximum atomic E-state index is 10.8. The van der Waals surface area contributed by atoms with Gasteiger partial charge in [0.05, 0.1) is 17.8 Å². The summed E-state index contributed by atoms with van der Waals surface area (Å²) in [7, 11) is 0. The zero-order valence-electron chi connectivity index (χ0n) is 12.1. The summed E-state index contributed by atoms with van der Waals surface area (Å²) in [5.41, 5.74) is 2.46. The van der Waals surface area contributed by atoms with Crippen molar-refractivity contribution in [3.63, 3.8) is 0 Å². The summed E-state index contributed by atoms with van der Waals surface area (Å²) in [6.07, 6.45) is 0.376. The van der Waals surface area contributed by atoms with Crippen LogP contribution in [0.1, 0.15) is 12.1 Å². The number of carboxylic acids is 1. The van der Waals surface area contributed by atoms with Crippen molar-refractivity contribution >= 4 is 17.6 Å². The molecule has 0 atom stereocenters. The Morgan fingerprint density at radius 3 is 2.57 bits per heavy atom. The van der Waals surface area contributed by atoms with Gasteiger partial charge in [-0.3, -0.25) is 4.79 Å². The van der Waals surface area contributed by atoms with E-state index in [1.165, 1.54) is 0 Å². The number of nitrogens with zero attached hydrogens (tertiary/aromatic N) is 4. The van der Waals surface area contributed by atoms with E-state index >= 15 is 0 Å². The largest absolute Gasteiger partial charge is 0.481 e. The van der Waals surface area contributed by atoms with Gasteiger partial charge >= 0.3 is 5.97 Å². The second kappa shape index (κ2) is 6.58. The van der Waals surface area contributed by atoms with Crippen LogP contribution in [-0.4, -0.2) is 31.1 Å². The molecule has 0 radical (unpaired) electrons. The Hall–Kier alpha value is -2.73. The molecule has 0 unspecified atom stereocenters. The molecule has 6 nitrogen and oxygen atoms in total. The van der Waals surface area contributed by atoms with Crippen LogP contribution in [0.5, 0.6) is 0 Å². The van der Waals surface area contributed by atoms with Crippen LogP contribution in [0.4, 0.5) is 0 Å². The summed E-state index contributed by atoms with van der Waals surface area (Å²) >= 11 is 5.78. The average Bonchev–Trinajstić information content (AvgIpc) is 2.99. The van der Waals surface area contributed by atoms with Gasteiger partial charge in [0.15, 0.2) is 11.0 Å². The minimum Gasteiger partial charge on any atom is -0.481 e. The summed E-state index contributed by atoms with van der Waals surface area (Å²) < 4.78 is 1.65. The lowest BCUT2D eigenvalue weighted by molar-refractivity contribution is -0.136. The number of carboxylic acid groups (broad SMARTS) is 1. The van der Waals surface area contributed by atoms with Gasteiger partial charge in [0.25, 0.3) is 0 Å². The number of aliphatic carboxylic acids is 1. The van der Waals surface area contributed by atoms with Crippen molar-refractivity contribution < 1.29 is 9.90 Å². The average molecular weight is 329 g/mol. The SMILES string of the molecule is O=C(O)CCc1cc(-c2ccccc2)n(-c2ccc(Cl)nn2)n1. The van der Waals surface area contributed by atoms with E-state index in [1.54, 1.807) is 16.8 Å². The van der Waals surface area contributed by atoms with Crippen LogP contribution in [0.15, 0.2) is 48.5 Å². The minimum absolute atomic E-state index is 0.0253. The minimum atomic E-state index is -0.855. The van der Waals surface area contributed by atoms with Gasteiger partial charge in [0.2, 0.25) is 0 Å². The molecule has 2 heterocycles. The van der Waals surface area contributed by atoms with E-state index in [0.29, 0.717) is 23.1 Å². The molecule has 23 heavy (non-hydrogen) atoms. The van der Waals surface area contributed by atoms with Crippen molar-refractivity contribution in [3.05, 3.63) is 59.4 Å². The first kappa shape index (κ1) is 15.2. The highest BCUT2D eigenvalue weighted by Crippen LogP contribution is 2.23. The summed E-state index contributed by atoms with van der Waals surface area (Å²) in [5.74, 6) is -0.332. The molecule has 116 valence electrons. The summed E-state index contributed by atoms with van der Waals surface area (Å²) in [6.45, 7) is 0. The van der Waals surface area contributed by atoms with Crippen molar-refractivity contribution in [2.75, 3.05) is 0 Å².